The Morgan fingerprint density at radius 3 is 2.82 bits per heavy atom. The molecule has 0 spiro atoms. The number of thioether (sulfide) groups is 1. The Balaban J connectivity index is 1.46. The molecule has 2 heterocycles. The number of halogens is 1. The summed E-state index contributed by atoms with van der Waals surface area (Å²) >= 11 is 6.19. The molecular weight excluding hydrogens is 522 g/mol. The third-order valence-corrected chi connectivity index (χ3v) is 7.91. The molecule has 0 fully saturated rings. The van der Waals surface area contributed by atoms with E-state index in [1.807, 2.05) is 30.3 Å². The number of thiophene rings is 1. The number of aromatic nitrogens is 2. The van der Waals surface area contributed by atoms with Gasteiger partial charge in [0.2, 0.25) is 5.91 Å². The number of nitrogens with zero attached hydrogens (tertiary/aromatic N) is 2. The van der Waals surface area contributed by atoms with Gasteiger partial charge in [-0.15, -0.1) is 11.3 Å². The minimum absolute atomic E-state index is 0.144. The zero-order chi connectivity index (χ0) is 23.4. The number of nitrogens with one attached hydrogen (secondary N) is 1. The summed E-state index contributed by atoms with van der Waals surface area (Å²) in [4.78, 5) is 35.4. The third-order valence-electron chi connectivity index (χ3n) is 5.35. The van der Waals surface area contributed by atoms with Crippen molar-refractivity contribution in [3.63, 3.8) is 0 Å². The summed E-state index contributed by atoms with van der Waals surface area (Å²) in [6.07, 6.45) is 4.49. The summed E-state index contributed by atoms with van der Waals surface area (Å²) in [6, 6.07) is 9.71. The lowest BCUT2D eigenvalue weighted by molar-refractivity contribution is -0.113. The molecule has 1 aliphatic carbocycles. The van der Waals surface area contributed by atoms with Crippen molar-refractivity contribution in [1.82, 2.24) is 9.97 Å². The largest absolute Gasteiger partial charge is 0.462 e. The van der Waals surface area contributed by atoms with Crippen LogP contribution in [-0.4, -0.2) is 34.2 Å². The van der Waals surface area contributed by atoms with E-state index >= 15 is 0 Å². The van der Waals surface area contributed by atoms with Crippen molar-refractivity contribution in [1.29, 1.82) is 0 Å². The van der Waals surface area contributed by atoms with Crippen LogP contribution in [-0.2, 0) is 22.4 Å². The van der Waals surface area contributed by atoms with E-state index in [1.165, 1.54) is 28.0 Å². The summed E-state index contributed by atoms with van der Waals surface area (Å²) < 4.78 is 6.28. The molecule has 3 aromatic rings. The molecule has 1 aromatic carbocycles. The first-order chi connectivity index (χ1) is 15.9. The first kappa shape index (κ1) is 23.9. The van der Waals surface area contributed by atoms with E-state index in [2.05, 4.69) is 38.1 Å². The van der Waals surface area contributed by atoms with Gasteiger partial charge in [-0.1, -0.05) is 46.7 Å². The quantitative estimate of drug-likeness (QED) is 0.223. The van der Waals surface area contributed by atoms with E-state index in [0.717, 1.165) is 40.6 Å². The number of hydrogen-bond acceptors (Lipinski definition) is 7. The molecule has 0 bridgehead atoms. The summed E-state index contributed by atoms with van der Waals surface area (Å²) in [5.74, 6) is 0.152. The normalized spacial score (nSPS) is 15.1. The van der Waals surface area contributed by atoms with Crippen molar-refractivity contribution in [2.45, 2.75) is 38.3 Å². The number of ether oxygens (including phenoxy) is 1. The van der Waals surface area contributed by atoms with Gasteiger partial charge in [0, 0.05) is 21.1 Å². The van der Waals surface area contributed by atoms with Gasteiger partial charge in [-0.05, 0) is 55.9 Å². The average Bonchev–Trinajstić information content (AvgIpc) is 3.15. The third kappa shape index (κ3) is 5.83. The Kier molecular flexibility index (Phi) is 7.82. The highest BCUT2D eigenvalue weighted by Crippen LogP contribution is 2.40. The molecule has 0 saturated heterocycles. The van der Waals surface area contributed by atoms with Crippen LogP contribution in [0.2, 0.25) is 0 Å². The van der Waals surface area contributed by atoms with Crippen LogP contribution in [0.5, 0.6) is 0 Å². The van der Waals surface area contributed by atoms with Crippen LogP contribution < -0.4 is 5.32 Å². The Bertz CT molecular complexity index is 1160. The molecular formula is C24H24BrN3O3S2. The van der Waals surface area contributed by atoms with Gasteiger partial charge in [0.25, 0.3) is 0 Å². The minimum atomic E-state index is -0.363. The minimum Gasteiger partial charge on any atom is -0.462 e. The lowest BCUT2D eigenvalue weighted by Gasteiger charge is -2.18. The molecule has 6 nitrogen and oxygen atoms in total. The standard InChI is InChI=1S/C24H24BrN3O3S2/c1-3-31-23(30)21-17-9-4-14(2)12-19(17)33-22(21)28-20(29)13-32-24-26-11-10-18(27-24)15-5-7-16(25)8-6-15/h5-8,10-11,14H,3-4,9,12-13H2,1-2H3,(H,28,29). The number of anilines is 1. The first-order valence-corrected chi connectivity index (χ1v) is 13.4. The van der Waals surface area contributed by atoms with Gasteiger partial charge < -0.3 is 10.1 Å². The van der Waals surface area contributed by atoms with Crippen LogP contribution in [0.4, 0.5) is 5.00 Å². The molecule has 172 valence electrons. The van der Waals surface area contributed by atoms with Crippen molar-refractivity contribution in [2.75, 3.05) is 17.7 Å². The van der Waals surface area contributed by atoms with Crippen molar-refractivity contribution in [3.05, 3.63) is 57.0 Å². The van der Waals surface area contributed by atoms with Gasteiger partial charge in [-0.25, -0.2) is 14.8 Å². The molecule has 33 heavy (non-hydrogen) atoms. The van der Waals surface area contributed by atoms with E-state index in [4.69, 9.17) is 4.74 Å². The van der Waals surface area contributed by atoms with E-state index in [-0.39, 0.29) is 17.6 Å². The molecule has 9 heteroatoms. The van der Waals surface area contributed by atoms with Crippen LogP contribution in [0.3, 0.4) is 0 Å². The maximum absolute atomic E-state index is 12.7. The van der Waals surface area contributed by atoms with E-state index < -0.39 is 0 Å². The fourth-order valence-corrected chi connectivity index (χ4v) is 6.05. The van der Waals surface area contributed by atoms with Crippen LogP contribution >= 0.6 is 39.0 Å². The summed E-state index contributed by atoms with van der Waals surface area (Å²) in [6.45, 7) is 4.30. The zero-order valence-corrected chi connectivity index (χ0v) is 21.6. The number of rotatable bonds is 7. The second-order valence-corrected chi connectivity index (χ2v) is 10.8. The van der Waals surface area contributed by atoms with Gasteiger partial charge in [-0.3, -0.25) is 4.79 Å². The molecule has 0 aliphatic heterocycles. The van der Waals surface area contributed by atoms with Crippen LogP contribution in [0.25, 0.3) is 11.3 Å². The fraction of sp³-hybridized carbons (Fsp3) is 0.333. The lowest BCUT2D eigenvalue weighted by atomic mass is 9.88. The molecule has 0 saturated carbocycles. The smallest absolute Gasteiger partial charge is 0.341 e. The van der Waals surface area contributed by atoms with Crippen molar-refractivity contribution in [3.8, 4) is 11.3 Å². The molecule has 0 radical (unpaired) electrons. The fourth-order valence-electron chi connectivity index (χ4n) is 3.74. The monoisotopic (exact) mass is 545 g/mol. The Labute approximate surface area is 209 Å². The molecule has 4 rings (SSSR count). The second kappa shape index (κ2) is 10.8. The van der Waals surface area contributed by atoms with E-state index in [9.17, 15) is 9.59 Å². The maximum Gasteiger partial charge on any atom is 0.341 e. The topological polar surface area (TPSA) is 81.2 Å². The van der Waals surface area contributed by atoms with Gasteiger partial charge in [0.1, 0.15) is 5.00 Å². The number of hydrogen-bond donors (Lipinski definition) is 1. The lowest BCUT2D eigenvalue weighted by Crippen LogP contribution is -2.17. The number of carbonyl (C=O) groups excluding carboxylic acids is 2. The van der Waals surface area contributed by atoms with Gasteiger partial charge in [0.15, 0.2) is 5.16 Å². The van der Waals surface area contributed by atoms with Crippen LogP contribution in [0.1, 0.15) is 41.1 Å². The molecule has 1 N–H and O–H groups in total. The second-order valence-electron chi connectivity index (χ2n) is 7.84. The zero-order valence-electron chi connectivity index (χ0n) is 18.4. The van der Waals surface area contributed by atoms with Crippen molar-refractivity contribution >= 4 is 55.9 Å². The molecule has 1 unspecified atom stereocenters. The van der Waals surface area contributed by atoms with E-state index in [0.29, 0.717) is 28.2 Å². The summed E-state index contributed by atoms with van der Waals surface area (Å²) in [5.41, 5.74) is 3.33. The predicted molar refractivity (Wildman–Crippen MR) is 136 cm³/mol. The summed E-state index contributed by atoms with van der Waals surface area (Å²) in [5, 5.41) is 4.05. The summed E-state index contributed by atoms with van der Waals surface area (Å²) in [7, 11) is 0. The molecule has 1 amide bonds. The Morgan fingerprint density at radius 1 is 1.27 bits per heavy atom. The van der Waals surface area contributed by atoms with Crippen LogP contribution in [0, 0.1) is 5.92 Å². The Hall–Kier alpha value is -2.23. The maximum atomic E-state index is 12.7. The highest BCUT2D eigenvalue weighted by Gasteiger charge is 2.29. The van der Waals surface area contributed by atoms with E-state index in [1.54, 1.807) is 13.1 Å². The number of esters is 1. The Morgan fingerprint density at radius 2 is 2.06 bits per heavy atom. The van der Waals surface area contributed by atoms with Crippen molar-refractivity contribution < 1.29 is 14.3 Å². The predicted octanol–water partition coefficient (Wildman–Crippen LogP) is 6.00. The van der Waals surface area contributed by atoms with Crippen molar-refractivity contribution in [2.24, 2.45) is 5.92 Å². The first-order valence-electron chi connectivity index (χ1n) is 10.8. The number of benzene rings is 1. The average molecular weight is 547 g/mol. The molecule has 1 atom stereocenters. The SMILES string of the molecule is CCOC(=O)c1c(NC(=O)CSc2nccc(-c3ccc(Br)cc3)n2)sc2c1CCC(C)C2. The highest BCUT2D eigenvalue weighted by molar-refractivity contribution is 9.10. The van der Waals surface area contributed by atoms with Crippen LogP contribution in [0.15, 0.2) is 46.2 Å². The van der Waals surface area contributed by atoms with Gasteiger partial charge in [-0.2, -0.15) is 0 Å². The van der Waals surface area contributed by atoms with Gasteiger partial charge in [0.05, 0.1) is 23.6 Å². The number of amides is 1. The molecule has 1 aliphatic rings. The van der Waals surface area contributed by atoms with Gasteiger partial charge >= 0.3 is 5.97 Å². The number of fused-ring (bicyclic) bond motifs is 1. The highest BCUT2D eigenvalue weighted by atomic mass is 79.9. The number of carbonyl (C=O) groups is 2. The molecule has 2 aromatic heterocycles.